The average molecular weight is 1480 g/mol. The van der Waals surface area contributed by atoms with Gasteiger partial charge in [0.15, 0.2) is 6.10 Å². The second kappa shape index (κ2) is 84.7. The smallest absolute Gasteiger partial charge is 0.462 e. The summed E-state index contributed by atoms with van der Waals surface area (Å²) in [6, 6.07) is 0. The van der Waals surface area contributed by atoms with Crippen LogP contribution in [0.2, 0.25) is 0 Å². The van der Waals surface area contributed by atoms with Crippen LogP contribution in [0.1, 0.15) is 476 Å². The van der Waals surface area contributed by atoms with Gasteiger partial charge in [0.05, 0.1) is 27.7 Å². The molecule has 0 aliphatic rings. The van der Waals surface area contributed by atoms with Crippen molar-refractivity contribution in [2.24, 2.45) is 0 Å². The molecule has 2 atom stereocenters. The Bertz CT molecular complexity index is 1940. The van der Waals surface area contributed by atoms with E-state index in [0.29, 0.717) is 23.9 Å². The lowest BCUT2D eigenvalue weighted by Crippen LogP contribution is -2.37. The second-order valence-electron chi connectivity index (χ2n) is 32.7. The first-order chi connectivity index (χ1) is 51.0. The molecule has 612 valence electrons. The number of hydrogen-bond acceptors (Lipinski definition) is 7. The zero-order valence-electron chi connectivity index (χ0n) is 70.3. The molecule has 0 aromatic rings. The second-order valence-corrected chi connectivity index (χ2v) is 34.1. The number of hydrogen-bond donors (Lipinski definition) is 1. The van der Waals surface area contributed by atoms with Crippen molar-refractivity contribution >= 4 is 19.8 Å². The predicted octanol–water partition coefficient (Wildman–Crippen LogP) is 31.2. The molecule has 0 aromatic carbocycles. The maximum Gasteiger partial charge on any atom is 0.472 e. The molecule has 0 saturated heterocycles. The van der Waals surface area contributed by atoms with E-state index in [1.54, 1.807) is 0 Å². The van der Waals surface area contributed by atoms with Crippen molar-refractivity contribution in [3.63, 3.8) is 0 Å². The summed E-state index contributed by atoms with van der Waals surface area (Å²) in [6.45, 7) is 4.49. The standard InChI is InChI=1S/C94H178NO8P/c1-6-8-10-12-14-16-18-20-22-24-26-28-30-32-34-36-38-40-42-44-46-47-49-50-52-54-56-58-60-62-64-66-68-70-72-74-76-78-80-82-84-86-93(96)100-90-92(91-102-104(98,99)101-89-88-95(3,4)5)103-94(97)87-85-83-81-79-77-75-73-71-69-67-65-63-61-59-57-55-53-51-48-45-43-41-39-37-35-33-31-29-27-25-23-21-19-17-15-13-11-9-7-2/h18-21,24-27,31,33,92H,6-17,22-23,28-30,32,34-91H2,1-5H3/p+1/b20-18-,21-19-,26-24-,27-25-,33-31-. The lowest BCUT2D eigenvalue weighted by atomic mass is 10.0. The Morgan fingerprint density at radius 3 is 0.769 bits per heavy atom. The fourth-order valence-electron chi connectivity index (χ4n) is 14.0. The number of carbonyl (C=O) groups excluding carboxylic acids is 2. The molecule has 0 aromatic heterocycles. The first kappa shape index (κ1) is 102. The number of esters is 2. The molecule has 0 heterocycles. The van der Waals surface area contributed by atoms with Gasteiger partial charge in [0.1, 0.15) is 19.8 Å². The summed E-state index contributed by atoms with van der Waals surface area (Å²) < 4.78 is 34.9. The lowest BCUT2D eigenvalue weighted by molar-refractivity contribution is -0.870. The first-order valence-corrected chi connectivity index (χ1v) is 47.5. The third-order valence-corrected chi connectivity index (χ3v) is 22.0. The van der Waals surface area contributed by atoms with Crippen LogP contribution in [0.25, 0.3) is 0 Å². The Labute approximate surface area is 648 Å². The molecule has 0 fully saturated rings. The molecule has 9 nitrogen and oxygen atoms in total. The van der Waals surface area contributed by atoms with Gasteiger partial charge in [-0.15, -0.1) is 0 Å². The van der Waals surface area contributed by atoms with E-state index in [2.05, 4.69) is 74.6 Å². The number of unbranched alkanes of at least 4 members (excludes halogenated alkanes) is 63. The largest absolute Gasteiger partial charge is 0.472 e. The molecule has 0 amide bonds. The van der Waals surface area contributed by atoms with E-state index >= 15 is 0 Å². The Hall–Kier alpha value is -2.29. The van der Waals surface area contributed by atoms with Gasteiger partial charge in [0.25, 0.3) is 0 Å². The van der Waals surface area contributed by atoms with Crippen molar-refractivity contribution in [1.82, 2.24) is 0 Å². The van der Waals surface area contributed by atoms with Gasteiger partial charge in [-0.1, -0.05) is 441 Å². The van der Waals surface area contributed by atoms with Crippen LogP contribution in [0, 0.1) is 0 Å². The summed E-state index contributed by atoms with van der Waals surface area (Å²) in [5.41, 5.74) is 0. The quantitative estimate of drug-likeness (QED) is 0.0211. The normalized spacial score (nSPS) is 13.2. The number of phosphoric acid groups is 1. The Balaban J connectivity index is 3.83. The predicted molar refractivity (Wildman–Crippen MR) is 455 cm³/mol. The number of ether oxygens (including phenoxy) is 2. The number of nitrogens with zero attached hydrogens (tertiary/aromatic N) is 1. The van der Waals surface area contributed by atoms with E-state index in [0.717, 1.165) is 51.4 Å². The Morgan fingerprint density at radius 2 is 0.519 bits per heavy atom. The SMILES string of the molecule is CCCCCCC/C=C\C/C=C\C/C=C\CCCCCCCCCCCCCCCCCCCCCCCCCCC(=O)OC(COC(=O)CCCCCCCCCCCCCCCCCCCCCCCCCCCCCCC/C=C\C/C=C\CCCCCCC)COP(=O)(O)OCC[N+](C)(C)C. The van der Waals surface area contributed by atoms with Gasteiger partial charge in [0, 0.05) is 12.8 Å². The van der Waals surface area contributed by atoms with Crippen LogP contribution in [0.15, 0.2) is 60.8 Å². The monoisotopic (exact) mass is 1480 g/mol. The van der Waals surface area contributed by atoms with Gasteiger partial charge in [-0.2, -0.15) is 0 Å². The van der Waals surface area contributed by atoms with Crippen LogP contribution in [-0.4, -0.2) is 74.9 Å². The minimum atomic E-state index is -4.40. The number of likely N-dealkylation sites (N-methyl/N-ethyl adjacent to an activating group) is 1. The van der Waals surface area contributed by atoms with Crippen LogP contribution < -0.4 is 0 Å². The summed E-state index contributed by atoms with van der Waals surface area (Å²) >= 11 is 0. The van der Waals surface area contributed by atoms with Crippen LogP contribution in [0.5, 0.6) is 0 Å². The van der Waals surface area contributed by atoms with Crippen molar-refractivity contribution < 1.29 is 42.1 Å². The lowest BCUT2D eigenvalue weighted by Gasteiger charge is -2.24. The zero-order valence-corrected chi connectivity index (χ0v) is 71.2. The van der Waals surface area contributed by atoms with Gasteiger partial charge in [-0.3, -0.25) is 18.6 Å². The highest BCUT2D eigenvalue weighted by Crippen LogP contribution is 2.43. The molecule has 0 rings (SSSR count). The van der Waals surface area contributed by atoms with Crippen molar-refractivity contribution in [1.29, 1.82) is 0 Å². The van der Waals surface area contributed by atoms with Gasteiger partial charge >= 0.3 is 19.8 Å². The van der Waals surface area contributed by atoms with E-state index in [4.69, 9.17) is 18.5 Å². The highest BCUT2D eigenvalue weighted by molar-refractivity contribution is 7.47. The average Bonchev–Trinajstić information content (AvgIpc) is 0.915. The molecule has 0 aliphatic carbocycles. The van der Waals surface area contributed by atoms with Crippen LogP contribution in [0.3, 0.4) is 0 Å². The maximum absolute atomic E-state index is 13.0. The zero-order chi connectivity index (χ0) is 75.4. The number of carbonyl (C=O) groups is 2. The third kappa shape index (κ3) is 88.6. The minimum absolute atomic E-state index is 0.0349. The highest BCUT2D eigenvalue weighted by atomic mass is 31.2. The van der Waals surface area contributed by atoms with Crippen LogP contribution >= 0.6 is 7.82 Å². The minimum Gasteiger partial charge on any atom is -0.462 e. The first-order valence-electron chi connectivity index (χ1n) is 46.0. The summed E-state index contributed by atoms with van der Waals surface area (Å²) in [4.78, 5) is 36.1. The van der Waals surface area contributed by atoms with Gasteiger partial charge in [-0.05, 0) is 83.5 Å². The summed E-state index contributed by atoms with van der Waals surface area (Å²) in [6.07, 6.45) is 116. The summed E-state index contributed by atoms with van der Waals surface area (Å²) in [5.74, 6) is -0.769. The Morgan fingerprint density at radius 1 is 0.298 bits per heavy atom. The fourth-order valence-corrected chi connectivity index (χ4v) is 14.7. The topological polar surface area (TPSA) is 108 Å². The maximum atomic E-state index is 13.0. The van der Waals surface area contributed by atoms with E-state index in [1.807, 2.05) is 21.1 Å². The molecule has 0 bridgehead atoms. The molecule has 0 saturated carbocycles. The molecule has 2 unspecified atom stereocenters. The van der Waals surface area contributed by atoms with E-state index < -0.39 is 26.5 Å². The van der Waals surface area contributed by atoms with Crippen LogP contribution in [-0.2, 0) is 32.7 Å². The molecule has 0 radical (unpaired) electrons. The third-order valence-electron chi connectivity index (χ3n) is 21.0. The van der Waals surface area contributed by atoms with Crippen molar-refractivity contribution in [2.75, 3.05) is 47.5 Å². The van der Waals surface area contributed by atoms with E-state index in [-0.39, 0.29) is 25.6 Å². The van der Waals surface area contributed by atoms with E-state index in [1.165, 1.54) is 392 Å². The summed E-state index contributed by atoms with van der Waals surface area (Å²) in [5, 5.41) is 0. The van der Waals surface area contributed by atoms with E-state index in [9.17, 15) is 19.0 Å². The molecule has 10 heteroatoms. The van der Waals surface area contributed by atoms with Gasteiger partial charge < -0.3 is 18.9 Å². The molecular formula is C94H179NO8P+. The number of quaternary nitrogens is 1. The molecule has 0 spiro atoms. The molecule has 1 N–H and O–H groups in total. The molecule has 0 aliphatic heterocycles. The fraction of sp³-hybridized carbons (Fsp3) is 0.872. The Kier molecular flexibility index (Phi) is 82.9. The summed E-state index contributed by atoms with van der Waals surface area (Å²) in [7, 11) is 1.50. The van der Waals surface area contributed by atoms with Gasteiger partial charge in [-0.25, -0.2) is 4.57 Å². The van der Waals surface area contributed by atoms with Crippen molar-refractivity contribution in [3.8, 4) is 0 Å². The van der Waals surface area contributed by atoms with Crippen LogP contribution in [0.4, 0.5) is 0 Å². The number of allylic oxidation sites excluding steroid dienone is 10. The van der Waals surface area contributed by atoms with Crippen molar-refractivity contribution in [3.05, 3.63) is 60.8 Å². The van der Waals surface area contributed by atoms with Gasteiger partial charge in [0.2, 0.25) is 0 Å². The molecule has 104 heavy (non-hydrogen) atoms. The number of phosphoric ester groups is 1. The number of rotatable bonds is 87. The highest BCUT2D eigenvalue weighted by Gasteiger charge is 2.27. The molecular weight excluding hydrogens is 1300 g/mol. The van der Waals surface area contributed by atoms with Crippen molar-refractivity contribution in [2.45, 2.75) is 482 Å².